The van der Waals surface area contributed by atoms with Crippen LogP contribution >= 0.6 is 0 Å². The highest BCUT2D eigenvalue weighted by Crippen LogP contribution is 2.01. The highest BCUT2D eigenvalue weighted by molar-refractivity contribution is 6.05. The molecule has 0 saturated heterocycles. The average Bonchev–Trinajstić information content (AvgIpc) is 2.41. The second-order valence-corrected chi connectivity index (χ2v) is 2.14. The van der Waals surface area contributed by atoms with E-state index in [-0.39, 0.29) is 11.5 Å². The van der Waals surface area contributed by atoms with Crippen LogP contribution in [-0.2, 0) is 0 Å². The lowest BCUT2D eigenvalue weighted by molar-refractivity contribution is 0.733. The molecule has 2 radical (unpaired) electrons. The first-order chi connectivity index (χ1) is 5.70. The number of rotatable bonds is 0. The van der Waals surface area contributed by atoms with Gasteiger partial charge in [-0.3, -0.25) is 4.59 Å². The summed E-state index contributed by atoms with van der Waals surface area (Å²) in [6, 6.07) is 0. The third kappa shape index (κ3) is 0.713. The molecule has 0 saturated carbocycles. The van der Waals surface area contributed by atoms with E-state index in [1.807, 2.05) is 0 Å². The van der Waals surface area contributed by atoms with Crippen LogP contribution in [0.2, 0.25) is 0 Å². The number of hydrogen-bond acceptors (Lipinski definition) is 5. The van der Waals surface area contributed by atoms with Crippen LogP contribution in [0.15, 0.2) is 11.1 Å². The predicted octanol–water partition coefficient (Wildman–Crippen LogP) is -2.20. The molecule has 0 fully saturated rings. The molecule has 8 heteroatoms. The summed E-state index contributed by atoms with van der Waals surface area (Å²) in [4.78, 5) is 14.8. The molecule has 2 N–H and O–H groups in total. The summed E-state index contributed by atoms with van der Waals surface area (Å²) >= 11 is 0. The zero-order chi connectivity index (χ0) is 8.72. The summed E-state index contributed by atoms with van der Waals surface area (Å²) in [5.41, 5.74) is 5.04. The van der Waals surface area contributed by atoms with Crippen molar-refractivity contribution in [1.82, 2.24) is 24.3 Å². The molecule has 12 heavy (non-hydrogen) atoms. The molecule has 0 unspecified atom stereocenters. The minimum Gasteiger partial charge on any atom is -0.380 e. The Morgan fingerprint density at radius 2 is 2.33 bits per heavy atom. The SMILES string of the molecule is [B]n1nnc2c(N)ncn2c1=O. The van der Waals surface area contributed by atoms with Gasteiger partial charge in [0.05, 0.1) is 0 Å². The summed E-state index contributed by atoms with van der Waals surface area (Å²) in [5.74, 6) is 0.153. The fourth-order valence-electron chi connectivity index (χ4n) is 0.834. The first-order valence-electron chi connectivity index (χ1n) is 3.04. The number of nitrogens with two attached hydrogens (primary N) is 1. The van der Waals surface area contributed by atoms with Crippen LogP contribution in [0.3, 0.4) is 0 Å². The largest absolute Gasteiger partial charge is 0.380 e. The highest BCUT2D eigenvalue weighted by atomic mass is 16.2. The Labute approximate surface area is 67.3 Å². The maximum atomic E-state index is 11.1. The van der Waals surface area contributed by atoms with Gasteiger partial charge >= 0.3 is 5.69 Å². The Morgan fingerprint density at radius 1 is 1.58 bits per heavy atom. The lowest BCUT2D eigenvalue weighted by atomic mass is 10.5. The second-order valence-electron chi connectivity index (χ2n) is 2.14. The number of fused-ring (bicyclic) bond motifs is 1. The molecule has 2 aromatic rings. The lowest BCUT2D eigenvalue weighted by Crippen LogP contribution is -2.28. The monoisotopic (exact) mass is 162 g/mol. The molecule has 0 aliphatic carbocycles. The topological polar surface area (TPSA) is 91.1 Å². The molecule has 2 aromatic heterocycles. The van der Waals surface area contributed by atoms with Gasteiger partial charge in [0.1, 0.15) is 6.33 Å². The van der Waals surface area contributed by atoms with Crippen molar-refractivity contribution in [3.63, 3.8) is 0 Å². The quantitative estimate of drug-likeness (QED) is 0.443. The van der Waals surface area contributed by atoms with Gasteiger partial charge in [0.25, 0.3) is 7.98 Å². The third-order valence-electron chi connectivity index (χ3n) is 1.41. The van der Waals surface area contributed by atoms with E-state index in [1.165, 1.54) is 6.33 Å². The van der Waals surface area contributed by atoms with Crippen LogP contribution in [0.4, 0.5) is 5.82 Å². The summed E-state index contributed by atoms with van der Waals surface area (Å²) in [6.45, 7) is 0. The summed E-state index contributed by atoms with van der Waals surface area (Å²) in [6.07, 6.45) is 1.24. The summed E-state index contributed by atoms with van der Waals surface area (Å²) in [7, 11) is 5.14. The molecular weight excluding hydrogens is 159 g/mol. The van der Waals surface area contributed by atoms with Crippen LogP contribution in [0.1, 0.15) is 0 Å². The van der Waals surface area contributed by atoms with E-state index in [0.717, 1.165) is 4.40 Å². The van der Waals surface area contributed by atoms with E-state index in [1.54, 1.807) is 0 Å². The molecule has 2 heterocycles. The van der Waals surface area contributed by atoms with Crippen molar-refractivity contribution in [3.05, 3.63) is 16.8 Å². The molecule has 0 bridgehead atoms. The number of aromatic nitrogens is 5. The van der Waals surface area contributed by atoms with Gasteiger partial charge in [-0.15, -0.1) is 5.10 Å². The molecule has 0 aromatic carbocycles. The van der Waals surface area contributed by atoms with E-state index < -0.39 is 5.69 Å². The Hall–Kier alpha value is -1.86. The van der Waals surface area contributed by atoms with Crippen molar-refractivity contribution < 1.29 is 0 Å². The molecule has 0 atom stereocenters. The molecule has 58 valence electrons. The van der Waals surface area contributed by atoms with Crippen molar-refractivity contribution in [2.45, 2.75) is 0 Å². The lowest BCUT2D eigenvalue weighted by Gasteiger charge is -1.94. The zero-order valence-corrected chi connectivity index (χ0v) is 5.88. The van der Waals surface area contributed by atoms with Crippen LogP contribution in [-0.4, -0.2) is 32.3 Å². The molecular formula is C4H3BN6O. The highest BCUT2D eigenvalue weighted by Gasteiger charge is 2.05. The Morgan fingerprint density at radius 3 is 3.08 bits per heavy atom. The second kappa shape index (κ2) is 2.06. The number of imidazole rings is 1. The number of hydrogen-bond donors (Lipinski definition) is 1. The van der Waals surface area contributed by atoms with E-state index in [0.29, 0.717) is 4.59 Å². The van der Waals surface area contributed by atoms with Gasteiger partial charge in [-0.05, 0) is 0 Å². The zero-order valence-electron chi connectivity index (χ0n) is 5.88. The van der Waals surface area contributed by atoms with Gasteiger partial charge < -0.3 is 5.73 Å². The van der Waals surface area contributed by atoms with Gasteiger partial charge in [0, 0.05) is 0 Å². The first kappa shape index (κ1) is 6.83. The minimum absolute atomic E-state index is 0.153. The Balaban J connectivity index is 3.03. The summed E-state index contributed by atoms with van der Waals surface area (Å²) in [5, 5.41) is 6.90. The molecule has 0 aliphatic heterocycles. The van der Waals surface area contributed by atoms with Crippen LogP contribution in [0.25, 0.3) is 5.65 Å². The Kier molecular flexibility index (Phi) is 1.17. The minimum atomic E-state index is -0.538. The van der Waals surface area contributed by atoms with E-state index in [4.69, 9.17) is 13.7 Å². The molecule has 0 amide bonds. The van der Waals surface area contributed by atoms with Crippen molar-refractivity contribution in [2.24, 2.45) is 0 Å². The summed E-state index contributed by atoms with van der Waals surface area (Å²) < 4.78 is 1.72. The normalized spacial score (nSPS) is 10.7. The van der Waals surface area contributed by atoms with E-state index in [9.17, 15) is 4.79 Å². The van der Waals surface area contributed by atoms with Crippen LogP contribution in [0.5, 0.6) is 0 Å². The number of anilines is 1. The first-order valence-corrected chi connectivity index (χ1v) is 3.04. The van der Waals surface area contributed by atoms with Gasteiger partial charge in [-0.2, -0.15) is 0 Å². The van der Waals surface area contributed by atoms with E-state index in [2.05, 4.69) is 15.3 Å². The predicted molar refractivity (Wildman–Crippen MR) is 40.6 cm³/mol. The molecule has 2 rings (SSSR count). The van der Waals surface area contributed by atoms with Gasteiger partial charge in [0.2, 0.25) is 5.65 Å². The van der Waals surface area contributed by atoms with Gasteiger partial charge in [0.15, 0.2) is 5.82 Å². The smallest absolute Gasteiger partial charge is 0.339 e. The number of nitrogen functional groups attached to an aromatic ring is 1. The fourth-order valence-corrected chi connectivity index (χ4v) is 0.834. The standard InChI is InChI=1S/C4H3BN6O/c5-11-4(12)10-1-7-2(6)3(10)8-9-11/h1H,6H2. The van der Waals surface area contributed by atoms with E-state index >= 15 is 0 Å². The van der Waals surface area contributed by atoms with Crippen LogP contribution in [0, 0.1) is 0 Å². The molecule has 0 aliphatic rings. The Bertz CT molecular complexity index is 486. The van der Waals surface area contributed by atoms with Crippen molar-refractivity contribution >= 4 is 19.4 Å². The third-order valence-corrected chi connectivity index (χ3v) is 1.41. The van der Waals surface area contributed by atoms with Crippen molar-refractivity contribution in [3.8, 4) is 0 Å². The van der Waals surface area contributed by atoms with Crippen molar-refractivity contribution in [1.29, 1.82) is 0 Å². The molecule has 7 nitrogen and oxygen atoms in total. The number of nitrogens with zero attached hydrogens (tertiary/aromatic N) is 5. The van der Waals surface area contributed by atoms with Gasteiger partial charge in [-0.1, -0.05) is 5.21 Å². The fraction of sp³-hybridized carbons (Fsp3) is 0. The van der Waals surface area contributed by atoms with Gasteiger partial charge in [-0.25, -0.2) is 14.2 Å². The maximum absolute atomic E-state index is 11.1. The maximum Gasteiger partial charge on any atom is 0.339 e. The molecule has 0 spiro atoms. The van der Waals surface area contributed by atoms with Crippen LogP contribution < -0.4 is 11.4 Å². The van der Waals surface area contributed by atoms with Crippen molar-refractivity contribution in [2.75, 3.05) is 5.73 Å². The average molecular weight is 162 g/mol.